The summed E-state index contributed by atoms with van der Waals surface area (Å²) in [6.07, 6.45) is 5.21. The maximum atomic E-state index is 6.33. The van der Waals surface area contributed by atoms with Crippen LogP contribution in [0.4, 0.5) is 5.69 Å². The van der Waals surface area contributed by atoms with Gasteiger partial charge in [-0.2, -0.15) is 0 Å². The molecule has 0 heterocycles. The Hall–Kier alpha value is -1.70. The first-order valence-electron chi connectivity index (χ1n) is 8.38. The van der Waals surface area contributed by atoms with Crippen molar-refractivity contribution in [1.29, 1.82) is 0 Å². The summed E-state index contributed by atoms with van der Waals surface area (Å²) in [6.45, 7) is 7.07. The number of nitrogens with two attached hydrogens (primary N) is 1. The highest BCUT2D eigenvalue weighted by Crippen LogP contribution is 2.39. The molecule has 0 spiro atoms. The fourth-order valence-electron chi connectivity index (χ4n) is 3.60. The van der Waals surface area contributed by atoms with Crippen molar-refractivity contribution in [1.82, 2.24) is 0 Å². The van der Waals surface area contributed by atoms with Crippen LogP contribution in [0.15, 0.2) is 36.4 Å². The molecule has 1 saturated carbocycles. The number of rotatable bonds is 2. The third-order valence-electron chi connectivity index (χ3n) is 5.06. The van der Waals surface area contributed by atoms with E-state index < -0.39 is 0 Å². The van der Waals surface area contributed by atoms with Gasteiger partial charge >= 0.3 is 0 Å². The zero-order chi connectivity index (χ0) is 15.7. The fraction of sp³-hybridized carbons (Fsp3) is 0.500. The molecule has 1 fully saturated rings. The first kappa shape index (κ1) is 15.2. The van der Waals surface area contributed by atoms with Gasteiger partial charge in [-0.25, -0.2) is 0 Å². The van der Waals surface area contributed by atoms with Gasteiger partial charge in [0.15, 0.2) is 0 Å². The average Bonchev–Trinajstić information content (AvgIpc) is 2.47. The Morgan fingerprint density at radius 1 is 1.00 bits per heavy atom. The summed E-state index contributed by atoms with van der Waals surface area (Å²) in [5.41, 5.74) is 7.09. The van der Waals surface area contributed by atoms with Crippen LogP contribution in [0.2, 0.25) is 0 Å². The minimum absolute atomic E-state index is 0.349. The summed E-state index contributed by atoms with van der Waals surface area (Å²) in [6, 6.07) is 12.3. The van der Waals surface area contributed by atoms with Crippen LogP contribution in [0.1, 0.15) is 46.5 Å². The molecule has 0 radical (unpaired) electrons. The summed E-state index contributed by atoms with van der Waals surface area (Å²) >= 11 is 0. The van der Waals surface area contributed by atoms with Gasteiger partial charge in [-0.15, -0.1) is 0 Å². The number of nitrogen functional groups attached to an aromatic ring is 1. The molecule has 22 heavy (non-hydrogen) atoms. The van der Waals surface area contributed by atoms with Crippen molar-refractivity contribution >= 4 is 16.5 Å². The number of hydrogen-bond acceptors (Lipinski definition) is 2. The largest absolute Gasteiger partial charge is 0.490 e. The Bertz CT molecular complexity index is 648. The van der Waals surface area contributed by atoms with Crippen LogP contribution in [-0.2, 0) is 0 Å². The number of fused-ring (bicyclic) bond motifs is 1. The van der Waals surface area contributed by atoms with Gasteiger partial charge in [-0.05, 0) is 66.7 Å². The van der Waals surface area contributed by atoms with Crippen LogP contribution in [0.5, 0.6) is 5.75 Å². The van der Waals surface area contributed by atoms with Gasteiger partial charge in [0.2, 0.25) is 0 Å². The molecule has 2 nitrogen and oxygen atoms in total. The van der Waals surface area contributed by atoms with E-state index in [1.807, 2.05) is 12.1 Å². The average molecular weight is 297 g/mol. The van der Waals surface area contributed by atoms with Crippen molar-refractivity contribution in [2.75, 3.05) is 5.73 Å². The number of ether oxygens (including phenoxy) is 1. The summed E-state index contributed by atoms with van der Waals surface area (Å²) in [4.78, 5) is 0. The Morgan fingerprint density at radius 2 is 1.73 bits per heavy atom. The van der Waals surface area contributed by atoms with Gasteiger partial charge in [0.1, 0.15) is 5.75 Å². The quantitative estimate of drug-likeness (QED) is 0.753. The molecular formula is C20H27NO. The summed E-state index contributed by atoms with van der Waals surface area (Å²) in [7, 11) is 0. The van der Waals surface area contributed by atoms with E-state index in [0.717, 1.165) is 41.0 Å². The molecule has 1 aliphatic carbocycles. The molecule has 2 heteroatoms. The van der Waals surface area contributed by atoms with Crippen LogP contribution in [-0.4, -0.2) is 6.10 Å². The smallest absolute Gasteiger partial charge is 0.127 e. The van der Waals surface area contributed by atoms with Crippen molar-refractivity contribution in [3.63, 3.8) is 0 Å². The summed E-state index contributed by atoms with van der Waals surface area (Å²) in [5.74, 6) is 1.82. The number of anilines is 1. The first-order valence-corrected chi connectivity index (χ1v) is 8.38. The molecule has 1 aliphatic rings. The lowest BCUT2D eigenvalue weighted by Crippen LogP contribution is -2.30. The molecular weight excluding hydrogens is 270 g/mol. The molecule has 118 valence electrons. The van der Waals surface area contributed by atoms with E-state index in [1.165, 1.54) is 12.8 Å². The SMILES string of the molecule is CC(C)(C)C1CCC(Oc2cccc3cc(N)ccc23)CC1. The molecule has 0 bridgehead atoms. The topological polar surface area (TPSA) is 35.2 Å². The van der Waals surface area contributed by atoms with Crippen LogP contribution in [0.25, 0.3) is 10.8 Å². The number of benzene rings is 2. The third-order valence-corrected chi connectivity index (χ3v) is 5.06. The van der Waals surface area contributed by atoms with E-state index in [-0.39, 0.29) is 0 Å². The van der Waals surface area contributed by atoms with Crippen LogP contribution < -0.4 is 10.5 Å². The standard InChI is InChI=1S/C20H27NO/c1-20(2,3)15-7-10-17(11-8-15)22-19-6-4-5-14-13-16(21)9-12-18(14)19/h4-6,9,12-13,15,17H,7-8,10-11,21H2,1-3H3. The highest BCUT2D eigenvalue weighted by molar-refractivity contribution is 5.90. The second-order valence-corrected chi connectivity index (χ2v) is 7.69. The van der Waals surface area contributed by atoms with E-state index in [9.17, 15) is 0 Å². The van der Waals surface area contributed by atoms with E-state index in [1.54, 1.807) is 0 Å². The zero-order valence-electron chi connectivity index (χ0n) is 13.9. The fourth-order valence-corrected chi connectivity index (χ4v) is 3.60. The van der Waals surface area contributed by atoms with Crippen LogP contribution in [0, 0.1) is 11.3 Å². The van der Waals surface area contributed by atoms with Crippen molar-refractivity contribution in [3.8, 4) is 5.75 Å². The lowest BCUT2D eigenvalue weighted by atomic mass is 9.72. The van der Waals surface area contributed by atoms with Crippen molar-refractivity contribution in [3.05, 3.63) is 36.4 Å². The molecule has 0 atom stereocenters. The lowest BCUT2D eigenvalue weighted by molar-refractivity contribution is 0.0892. The molecule has 2 N–H and O–H groups in total. The second kappa shape index (κ2) is 5.83. The number of hydrogen-bond donors (Lipinski definition) is 1. The zero-order valence-corrected chi connectivity index (χ0v) is 13.9. The Morgan fingerprint density at radius 3 is 2.41 bits per heavy atom. The minimum atomic E-state index is 0.349. The van der Waals surface area contributed by atoms with E-state index in [2.05, 4.69) is 45.0 Å². The Labute approximate surface area is 133 Å². The molecule has 0 aliphatic heterocycles. The highest BCUT2D eigenvalue weighted by Gasteiger charge is 2.30. The predicted molar refractivity (Wildman–Crippen MR) is 94.2 cm³/mol. The second-order valence-electron chi connectivity index (χ2n) is 7.69. The molecule has 0 aromatic heterocycles. The molecule has 3 rings (SSSR count). The molecule has 0 amide bonds. The van der Waals surface area contributed by atoms with Gasteiger partial charge in [0.05, 0.1) is 6.10 Å². The van der Waals surface area contributed by atoms with E-state index >= 15 is 0 Å². The highest BCUT2D eigenvalue weighted by atomic mass is 16.5. The van der Waals surface area contributed by atoms with Crippen LogP contribution in [0.3, 0.4) is 0 Å². The normalized spacial score (nSPS) is 22.7. The van der Waals surface area contributed by atoms with E-state index in [0.29, 0.717) is 11.5 Å². The molecule has 0 unspecified atom stereocenters. The van der Waals surface area contributed by atoms with Gasteiger partial charge in [0.25, 0.3) is 0 Å². The third kappa shape index (κ3) is 3.21. The maximum Gasteiger partial charge on any atom is 0.127 e. The predicted octanol–water partition coefficient (Wildman–Crippen LogP) is 5.41. The molecule has 2 aromatic rings. The summed E-state index contributed by atoms with van der Waals surface area (Å²) in [5, 5.41) is 2.32. The Kier molecular flexibility index (Phi) is 4.03. The minimum Gasteiger partial charge on any atom is -0.490 e. The van der Waals surface area contributed by atoms with Gasteiger partial charge in [-0.1, -0.05) is 32.9 Å². The lowest BCUT2D eigenvalue weighted by Gasteiger charge is -2.37. The van der Waals surface area contributed by atoms with Gasteiger partial charge in [0, 0.05) is 11.1 Å². The van der Waals surface area contributed by atoms with Crippen LogP contribution >= 0.6 is 0 Å². The van der Waals surface area contributed by atoms with Crippen molar-refractivity contribution in [2.45, 2.75) is 52.6 Å². The maximum absolute atomic E-state index is 6.33. The monoisotopic (exact) mass is 297 g/mol. The van der Waals surface area contributed by atoms with Gasteiger partial charge < -0.3 is 10.5 Å². The Balaban J connectivity index is 1.72. The van der Waals surface area contributed by atoms with E-state index in [4.69, 9.17) is 10.5 Å². The van der Waals surface area contributed by atoms with Crippen molar-refractivity contribution in [2.24, 2.45) is 11.3 Å². The molecule has 2 aromatic carbocycles. The van der Waals surface area contributed by atoms with Gasteiger partial charge in [-0.3, -0.25) is 0 Å². The van der Waals surface area contributed by atoms with Crippen molar-refractivity contribution < 1.29 is 4.74 Å². The summed E-state index contributed by atoms with van der Waals surface area (Å²) < 4.78 is 6.33. The molecule has 0 saturated heterocycles. The first-order chi connectivity index (χ1) is 10.4.